The van der Waals surface area contributed by atoms with E-state index in [1.54, 1.807) is 0 Å². The van der Waals surface area contributed by atoms with Gasteiger partial charge in [0.05, 0.1) is 0 Å². The number of nitrogens with two attached hydrogens (primary N) is 1. The van der Waals surface area contributed by atoms with Crippen molar-refractivity contribution in [1.29, 1.82) is 0 Å². The summed E-state index contributed by atoms with van der Waals surface area (Å²) in [5.41, 5.74) is 0. The second-order valence-electron chi connectivity index (χ2n) is 2.54. The van der Waals surface area contributed by atoms with Gasteiger partial charge in [0.1, 0.15) is 5.84 Å². The molecule has 0 rings (SSSR count). The Morgan fingerprint density at radius 3 is 1.89 bits per heavy atom. The number of hydrazone groups is 1. The van der Waals surface area contributed by atoms with Crippen molar-refractivity contribution in [2.75, 3.05) is 14.1 Å². The molecule has 0 amide bonds. The molecule has 0 spiro atoms. The molecule has 0 radical (unpaired) electrons. The van der Waals surface area contributed by atoms with E-state index in [0.717, 1.165) is 5.84 Å². The number of hydrogen-bond acceptors (Lipinski definition) is 2. The molecule has 0 aliphatic heterocycles. The molecule has 0 aromatic carbocycles. The third-order valence-electron chi connectivity index (χ3n) is 1.11. The lowest BCUT2D eigenvalue weighted by atomic mass is 10.2. The fourth-order valence-corrected chi connectivity index (χ4v) is 0.781. The van der Waals surface area contributed by atoms with Crippen LogP contribution in [0.25, 0.3) is 0 Å². The minimum atomic E-state index is 0.407. The van der Waals surface area contributed by atoms with Gasteiger partial charge in [0, 0.05) is 20.0 Å². The molecule has 0 aromatic heterocycles. The Kier molecular flexibility index (Phi) is 3.06. The van der Waals surface area contributed by atoms with E-state index in [4.69, 9.17) is 5.84 Å². The number of rotatable bonds is 1. The summed E-state index contributed by atoms with van der Waals surface area (Å²) in [5, 5.41) is 3.63. The topological polar surface area (TPSA) is 41.6 Å². The van der Waals surface area contributed by atoms with Crippen molar-refractivity contribution in [3.63, 3.8) is 0 Å². The number of nitrogens with zero attached hydrogens (tertiary/aromatic N) is 2. The fraction of sp³-hybridized carbons (Fsp3) is 0.833. The minimum absolute atomic E-state index is 0.407. The molecule has 0 fully saturated rings. The van der Waals surface area contributed by atoms with E-state index < -0.39 is 0 Å². The minimum Gasteiger partial charge on any atom is -0.365 e. The van der Waals surface area contributed by atoms with Crippen LogP contribution in [0.5, 0.6) is 0 Å². The van der Waals surface area contributed by atoms with Gasteiger partial charge in [-0.05, 0) is 0 Å². The Hall–Kier alpha value is -0.730. The molecule has 0 saturated heterocycles. The van der Waals surface area contributed by atoms with Crippen molar-refractivity contribution >= 4 is 5.84 Å². The van der Waals surface area contributed by atoms with E-state index in [9.17, 15) is 0 Å². The molecular formula is C6H15N3. The van der Waals surface area contributed by atoms with Crippen LogP contribution in [0.3, 0.4) is 0 Å². The molecule has 3 heteroatoms. The first-order valence-electron chi connectivity index (χ1n) is 3.04. The van der Waals surface area contributed by atoms with Gasteiger partial charge in [-0.1, -0.05) is 13.8 Å². The molecule has 0 unspecified atom stereocenters. The molecule has 9 heavy (non-hydrogen) atoms. The molecule has 0 heterocycles. The summed E-state index contributed by atoms with van der Waals surface area (Å²) in [5.74, 6) is 6.45. The van der Waals surface area contributed by atoms with E-state index in [1.807, 2.05) is 19.0 Å². The summed E-state index contributed by atoms with van der Waals surface area (Å²) in [6.07, 6.45) is 0. The third-order valence-corrected chi connectivity index (χ3v) is 1.11. The van der Waals surface area contributed by atoms with Gasteiger partial charge in [-0.2, -0.15) is 5.10 Å². The molecule has 0 aromatic rings. The fourth-order valence-electron chi connectivity index (χ4n) is 0.781. The molecule has 54 valence electrons. The SMILES string of the molecule is CC(C)/C(=N/N)N(C)C. The molecule has 0 aliphatic rings. The molecule has 0 aliphatic carbocycles. The monoisotopic (exact) mass is 129 g/mol. The van der Waals surface area contributed by atoms with Crippen LogP contribution in [0.1, 0.15) is 13.8 Å². The second-order valence-corrected chi connectivity index (χ2v) is 2.54. The van der Waals surface area contributed by atoms with E-state index in [1.165, 1.54) is 0 Å². The van der Waals surface area contributed by atoms with Crippen LogP contribution in [0.4, 0.5) is 0 Å². The van der Waals surface area contributed by atoms with E-state index >= 15 is 0 Å². The van der Waals surface area contributed by atoms with Crippen molar-refractivity contribution < 1.29 is 0 Å². The first kappa shape index (κ1) is 8.27. The van der Waals surface area contributed by atoms with Gasteiger partial charge in [0.2, 0.25) is 0 Å². The van der Waals surface area contributed by atoms with E-state index in [-0.39, 0.29) is 0 Å². The predicted molar refractivity (Wildman–Crippen MR) is 40.1 cm³/mol. The van der Waals surface area contributed by atoms with Gasteiger partial charge in [-0.25, -0.2) is 0 Å². The number of amidine groups is 1. The highest BCUT2D eigenvalue weighted by Crippen LogP contribution is 1.97. The first-order valence-corrected chi connectivity index (χ1v) is 3.04. The van der Waals surface area contributed by atoms with E-state index in [0.29, 0.717) is 5.92 Å². The molecular weight excluding hydrogens is 114 g/mol. The summed E-state index contributed by atoms with van der Waals surface area (Å²) in [6.45, 7) is 4.12. The quantitative estimate of drug-likeness (QED) is 0.242. The Bertz CT molecular complexity index is 94.9. The first-order chi connectivity index (χ1) is 4.09. The van der Waals surface area contributed by atoms with Crippen LogP contribution in [0, 0.1) is 5.92 Å². The summed E-state index contributed by atoms with van der Waals surface area (Å²) in [4.78, 5) is 1.92. The highest BCUT2D eigenvalue weighted by Gasteiger charge is 2.04. The smallest absolute Gasteiger partial charge is 0.126 e. The maximum Gasteiger partial charge on any atom is 0.126 e. The third kappa shape index (κ3) is 2.35. The van der Waals surface area contributed by atoms with Crippen LogP contribution < -0.4 is 5.84 Å². The standard InChI is InChI=1S/C6H15N3/c1-5(2)6(8-7)9(3)4/h5H,7H2,1-4H3/b8-6-. The van der Waals surface area contributed by atoms with Gasteiger partial charge < -0.3 is 10.7 Å². The summed E-state index contributed by atoms with van der Waals surface area (Å²) >= 11 is 0. The van der Waals surface area contributed by atoms with Crippen LogP contribution >= 0.6 is 0 Å². The Morgan fingerprint density at radius 1 is 1.44 bits per heavy atom. The molecule has 2 N–H and O–H groups in total. The second kappa shape index (κ2) is 3.33. The molecule has 0 atom stereocenters. The Balaban J connectivity index is 4.01. The number of hydrogen-bond donors (Lipinski definition) is 1. The van der Waals surface area contributed by atoms with Gasteiger partial charge >= 0.3 is 0 Å². The van der Waals surface area contributed by atoms with Gasteiger partial charge in [0.25, 0.3) is 0 Å². The van der Waals surface area contributed by atoms with Gasteiger partial charge in [-0.3, -0.25) is 0 Å². The van der Waals surface area contributed by atoms with Crippen molar-refractivity contribution in [2.24, 2.45) is 16.9 Å². The highest BCUT2D eigenvalue weighted by atomic mass is 15.2. The zero-order valence-corrected chi connectivity index (χ0v) is 6.55. The van der Waals surface area contributed by atoms with Crippen molar-refractivity contribution in [3.05, 3.63) is 0 Å². The van der Waals surface area contributed by atoms with Crippen LogP contribution in [-0.2, 0) is 0 Å². The average molecular weight is 129 g/mol. The summed E-state index contributed by atoms with van der Waals surface area (Å²) in [7, 11) is 3.87. The van der Waals surface area contributed by atoms with Gasteiger partial charge in [-0.15, -0.1) is 0 Å². The van der Waals surface area contributed by atoms with E-state index in [2.05, 4.69) is 18.9 Å². The van der Waals surface area contributed by atoms with Crippen LogP contribution in [0.15, 0.2) is 5.10 Å². The van der Waals surface area contributed by atoms with Crippen LogP contribution in [0.2, 0.25) is 0 Å². The Morgan fingerprint density at radius 2 is 1.89 bits per heavy atom. The Labute approximate surface area is 56.5 Å². The lowest BCUT2D eigenvalue weighted by Crippen LogP contribution is -2.27. The molecule has 0 bridgehead atoms. The summed E-state index contributed by atoms with van der Waals surface area (Å²) in [6, 6.07) is 0. The maximum absolute atomic E-state index is 5.12. The molecule has 3 nitrogen and oxygen atoms in total. The molecule has 0 saturated carbocycles. The average Bonchev–Trinajstić information content (AvgIpc) is 1.64. The highest BCUT2D eigenvalue weighted by molar-refractivity contribution is 5.83. The maximum atomic E-state index is 5.12. The van der Waals surface area contributed by atoms with Crippen molar-refractivity contribution in [2.45, 2.75) is 13.8 Å². The normalized spacial score (nSPS) is 12.3. The van der Waals surface area contributed by atoms with Crippen LogP contribution in [-0.4, -0.2) is 24.8 Å². The largest absolute Gasteiger partial charge is 0.365 e. The predicted octanol–water partition coefficient (Wildman–Crippen LogP) is 0.476. The lowest BCUT2D eigenvalue weighted by Gasteiger charge is -2.16. The van der Waals surface area contributed by atoms with Crippen molar-refractivity contribution in [3.8, 4) is 0 Å². The zero-order chi connectivity index (χ0) is 7.44. The van der Waals surface area contributed by atoms with Crippen molar-refractivity contribution in [1.82, 2.24) is 4.90 Å². The van der Waals surface area contributed by atoms with Gasteiger partial charge in [0.15, 0.2) is 0 Å². The lowest BCUT2D eigenvalue weighted by molar-refractivity contribution is 0.571. The zero-order valence-electron chi connectivity index (χ0n) is 6.55. The summed E-state index contributed by atoms with van der Waals surface area (Å²) < 4.78 is 0.